The highest BCUT2D eigenvalue weighted by Gasteiger charge is 2.14. The maximum Gasteiger partial charge on any atom is 0.246 e. The Hall–Kier alpha value is -0.800. The van der Waals surface area contributed by atoms with Crippen LogP contribution in [0, 0.1) is 11.8 Å². The average molecular weight is 300 g/mol. The average Bonchev–Trinajstić information content (AvgIpc) is 2.70. The zero-order chi connectivity index (χ0) is 14.4. The van der Waals surface area contributed by atoms with Crippen molar-refractivity contribution in [3.8, 4) is 0 Å². The van der Waals surface area contributed by atoms with Gasteiger partial charge in [0.05, 0.1) is 10.9 Å². The molecule has 1 amide bonds. The Labute approximate surface area is 125 Å². The van der Waals surface area contributed by atoms with E-state index >= 15 is 0 Å². The second-order valence-electron chi connectivity index (χ2n) is 5.42. The molecule has 1 heterocycles. The van der Waals surface area contributed by atoms with Crippen LogP contribution in [0.25, 0.3) is 0 Å². The smallest absolute Gasteiger partial charge is 0.246 e. The highest BCUT2D eigenvalue weighted by molar-refractivity contribution is 7.16. The van der Waals surface area contributed by atoms with E-state index in [9.17, 15) is 4.79 Å². The molecule has 1 rings (SSSR count). The van der Waals surface area contributed by atoms with Gasteiger partial charge in [-0.15, -0.1) is 11.3 Å². The molecule has 0 spiro atoms. The molecule has 19 heavy (non-hydrogen) atoms. The molecular weight excluding hydrogens is 278 g/mol. The van der Waals surface area contributed by atoms with Gasteiger partial charge >= 0.3 is 0 Å². The minimum Gasteiger partial charge on any atom is -0.334 e. The first-order valence-corrected chi connectivity index (χ1v) is 7.79. The van der Waals surface area contributed by atoms with E-state index in [0.717, 1.165) is 15.8 Å². The third kappa shape index (κ3) is 6.26. The van der Waals surface area contributed by atoms with Gasteiger partial charge in [0.25, 0.3) is 0 Å². The maximum atomic E-state index is 12.2. The molecule has 4 heteroatoms. The summed E-state index contributed by atoms with van der Waals surface area (Å²) in [6.45, 7) is 9.76. The number of carbonyl (C=O) groups is 1. The lowest BCUT2D eigenvalue weighted by molar-refractivity contribution is -0.127. The molecule has 0 bridgehead atoms. The molecule has 0 saturated carbocycles. The van der Waals surface area contributed by atoms with Crippen LogP contribution in [0.15, 0.2) is 24.3 Å². The minimum absolute atomic E-state index is 0.0759. The zero-order valence-electron chi connectivity index (χ0n) is 12.0. The highest BCUT2D eigenvalue weighted by Crippen LogP contribution is 2.23. The van der Waals surface area contributed by atoms with Gasteiger partial charge < -0.3 is 4.90 Å². The van der Waals surface area contributed by atoms with Crippen LogP contribution in [0.2, 0.25) is 4.34 Å². The van der Waals surface area contributed by atoms with Crippen molar-refractivity contribution in [2.75, 3.05) is 6.54 Å². The van der Waals surface area contributed by atoms with Crippen molar-refractivity contribution < 1.29 is 4.79 Å². The quantitative estimate of drug-likeness (QED) is 0.703. The van der Waals surface area contributed by atoms with Crippen LogP contribution in [0.4, 0.5) is 0 Å². The van der Waals surface area contributed by atoms with Gasteiger partial charge in [0.2, 0.25) is 5.91 Å². The number of amides is 1. The predicted octanol–water partition coefficient (Wildman–Crippen LogP) is 4.60. The Morgan fingerprint density at radius 2 is 2.05 bits per heavy atom. The minimum atomic E-state index is 0.0759. The standard InChI is InChI=1S/C15H22ClNOS/c1-11(2)5-8-15(18)17(9-12(3)4)10-13-6-7-14(16)19-13/h5-8,11-12H,9-10H2,1-4H3/b8-5+. The number of rotatable bonds is 6. The summed E-state index contributed by atoms with van der Waals surface area (Å²) in [6.07, 6.45) is 3.62. The number of allylic oxidation sites excluding steroid dienone is 1. The fraction of sp³-hybridized carbons (Fsp3) is 0.533. The van der Waals surface area contributed by atoms with Gasteiger partial charge in [0.1, 0.15) is 0 Å². The Bertz CT molecular complexity index is 437. The molecule has 0 atom stereocenters. The lowest BCUT2D eigenvalue weighted by Gasteiger charge is -2.22. The fourth-order valence-corrected chi connectivity index (χ4v) is 2.78. The third-order valence-electron chi connectivity index (χ3n) is 2.50. The molecule has 0 fully saturated rings. The number of hydrogen-bond acceptors (Lipinski definition) is 2. The molecule has 1 aromatic rings. The van der Waals surface area contributed by atoms with Crippen molar-refractivity contribution >= 4 is 28.8 Å². The molecule has 0 N–H and O–H groups in total. The predicted molar refractivity (Wildman–Crippen MR) is 83.6 cm³/mol. The summed E-state index contributed by atoms with van der Waals surface area (Å²) in [7, 11) is 0. The van der Waals surface area contributed by atoms with Gasteiger partial charge in [-0.25, -0.2) is 0 Å². The molecule has 0 saturated heterocycles. The van der Waals surface area contributed by atoms with Crippen LogP contribution in [0.5, 0.6) is 0 Å². The van der Waals surface area contributed by atoms with E-state index in [1.54, 1.807) is 6.08 Å². The van der Waals surface area contributed by atoms with E-state index in [4.69, 9.17) is 11.6 Å². The number of nitrogens with zero attached hydrogens (tertiary/aromatic N) is 1. The second kappa shape index (κ2) is 7.71. The van der Waals surface area contributed by atoms with Crippen LogP contribution >= 0.6 is 22.9 Å². The molecule has 0 radical (unpaired) electrons. The molecule has 0 unspecified atom stereocenters. The SMILES string of the molecule is CC(C)/C=C/C(=O)N(Cc1ccc(Cl)s1)CC(C)C. The van der Waals surface area contributed by atoms with Crippen LogP contribution in [0.3, 0.4) is 0 Å². The summed E-state index contributed by atoms with van der Waals surface area (Å²) in [6, 6.07) is 3.86. The van der Waals surface area contributed by atoms with Crippen molar-refractivity contribution in [2.24, 2.45) is 11.8 Å². The monoisotopic (exact) mass is 299 g/mol. The van der Waals surface area contributed by atoms with E-state index in [2.05, 4.69) is 27.7 Å². The first-order valence-electron chi connectivity index (χ1n) is 6.59. The third-order valence-corrected chi connectivity index (χ3v) is 3.71. The Balaban J connectivity index is 2.73. The molecule has 0 aliphatic heterocycles. The van der Waals surface area contributed by atoms with E-state index in [0.29, 0.717) is 18.4 Å². The summed E-state index contributed by atoms with van der Waals surface area (Å²) in [5.74, 6) is 0.916. The van der Waals surface area contributed by atoms with Crippen molar-refractivity contribution in [3.63, 3.8) is 0 Å². The van der Waals surface area contributed by atoms with Crippen molar-refractivity contribution in [1.82, 2.24) is 4.90 Å². The van der Waals surface area contributed by atoms with Gasteiger partial charge in [-0.2, -0.15) is 0 Å². The van der Waals surface area contributed by atoms with E-state index < -0.39 is 0 Å². The molecule has 1 aromatic heterocycles. The zero-order valence-corrected chi connectivity index (χ0v) is 13.6. The first kappa shape index (κ1) is 16.3. The largest absolute Gasteiger partial charge is 0.334 e. The molecule has 0 aliphatic carbocycles. The van der Waals surface area contributed by atoms with Crippen molar-refractivity contribution in [2.45, 2.75) is 34.2 Å². The van der Waals surface area contributed by atoms with Crippen LogP contribution in [-0.2, 0) is 11.3 Å². The van der Waals surface area contributed by atoms with Crippen molar-refractivity contribution in [3.05, 3.63) is 33.5 Å². The maximum absolute atomic E-state index is 12.2. The molecular formula is C15H22ClNOS. The number of carbonyl (C=O) groups excluding carboxylic acids is 1. The number of halogens is 1. The van der Waals surface area contributed by atoms with Gasteiger partial charge in [0, 0.05) is 11.4 Å². The summed E-state index contributed by atoms with van der Waals surface area (Å²) in [5, 5.41) is 0. The molecule has 0 aliphatic rings. The summed E-state index contributed by atoms with van der Waals surface area (Å²) in [5.41, 5.74) is 0. The van der Waals surface area contributed by atoms with Crippen LogP contribution < -0.4 is 0 Å². The normalized spacial score (nSPS) is 11.7. The van der Waals surface area contributed by atoms with Gasteiger partial charge in [-0.3, -0.25) is 4.79 Å². The van der Waals surface area contributed by atoms with Gasteiger partial charge in [-0.1, -0.05) is 45.4 Å². The van der Waals surface area contributed by atoms with E-state index in [1.807, 2.05) is 23.1 Å². The first-order chi connectivity index (χ1) is 8.88. The lowest BCUT2D eigenvalue weighted by Crippen LogP contribution is -2.32. The molecule has 0 aromatic carbocycles. The van der Waals surface area contributed by atoms with E-state index in [-0.39, 0.29) is 5.91 Å². The summed E-state index contributed by atoms with van der Waals surface area (Å²) in [4.78, 5) is 15.2. The van der Waals surface area contributed by atoms with E-state index in [1.165, 1.54) is 11.3 Å². The Morgan fingerprint density at radius 3 is 2.53 bits per heavy atom. The summed E-state index contributed by atoms with van der Waals surface area (Å²) < 4.78 is 0.768. The Kier molecular flexibility index (Phi) is 6.59. The second-order valence-corrected chi connectivity index (χ2v) is 7.22. The van der Waals surface area contributed by atoms with Crippen molar-refractivity contribution in [1.29, 1.82) is 0 Å². The Morgan fingerprint density at radius 1 is 1.37 bits per heavy atom. The number of thiophene rings is 1. The lowest BCUT2D eigenvalue weighted by atomic mass is 10.2. The van der Waals surface area contributed by atoms with Crippen LogP contribution in [0.1, 0.15) is 32.6 Å². The fourth-order valence-electron chi connectivity index (χ4n) is 1.68. The summed E-state index contributed by atoms with van der Waals surface area (Å²) >= 11 is 7.47. The highest BCUT2D eigenvalue weighted by atomic mass is 35.5. The van der Waals surface area contributed by atoms with Gasteiger partial charge in [-0.05, 0) is 30.0 Å². The molecule has 2 nitrogen and oxygen atoms in total. The van der Waals surface area contributed by atoms with Gasteiger partial charge in [0.15, 0.2) is 0 Å². The van der Waals surface area contributed by atoms with Crippen LogP contribution in [-0.4, -0.2) is 17.4 Å². The topological polar surface area (TPSA) is 20.3 Å². The molecule has 106 valence electrons. The number of hydrogen-bond donors (Lipinski definition) is 0.